The number of hydrogen-bond acceptors (Lipinski definition) is 3. The number of rotatable bonds is 4. The van der Waals surface area contributed by atoms with Gasteiger partial charge in [0.2, 0.25) is 0 Å². The highest BCUT2D eigenvalue weighted by Crippen LogP contribution is 2.40. The maximum Gasteiger partial charge on any atom is 0.164 e. The summed E-state index contributed by atoms with van der Waals surface area (Å²) in [5.74, 6) is 1.69. The Kier molecular flexibility index (Phi) is 3.36. The number of Topliss-reactive ketones (excluding diaryl/α,β-unsaturated/α-hetero) is 1. The molecule has 1 aliphatic rings. The van der Waals surface area contributed by atoms with Crippen LogP contribution in [0.3, 0.4) is 0 Å². The summed E-state index contributed by atoms with van der Waals surface area (Å²) in [6, 6.07) is 1.82. The first-order valence-electron chi connectivity index (χ1n) is 6.02. The highest BCUT2D eigenvalue weighted by atomic mass is 16.5. The first-order valence-corrected chi connectivity index (χ1v) is 6.02. The van der Waals surface area contributed by atoms with E-state index in [0.717, 1.165) is 41.7 Å². The molecular formula is C14H18O3. The van der Waals surface area contributed by atoms with Gasteiger partial charge in [-0.3, -0.25) is 4.79 Å². The largest absolute Gasteiger partial charge is 0.493 e. The van der Waals surface area contributed by atoms with Crippen molar-refractivity contribution >= 4 is 5.78 Å². The number of fused-ring (bicyclic) bond motifs is 1. The van der Waals surface area contributed by atoms with Crippen LogP contribution >= 0.6 is 0 Å². The molecule has 0 fully saturated rings. The zero-order valence-corrected chi connectivity index (χ0v) is 10.6. The molecule has 3 nitrogen and oxygen atoms in total. The summed E-state index contributed by atoms with van der Waals surface area (Å²) in [6.07, 6.45) is 3.41. The molecule has 1 aromatic rings. The van der Waals surface area contributed by atoms with Crippen molar-refractivity contribution in [3.05, 3.63) is 22.8 Å². The van der Waals surface area contributed by atoms with Crippen molar-refractivity contribution < 1.29 is 14.3 Å². The molecule has 0 saturated carbocycles. The van der Waals surface area contributed by atoms with Gasteiger partial charge in [0.25, 0.3) is 0 Å². The van der Waals surface area contributed by atoms with Gasteiger partial charge < -0.3 is 9.47 Å². The van der Waals surface area contributed by atoms with E-state index in [1.807, 2.05) is 6.07 Å². The zero-order valence-electron chi connectivity index (χ0n) is 10.6. The number of benzene rings is 1. The summed E-state index contributed by atoms with van der Waals surface area (Å²) in [5.41, 5.74) is 3.14. The topological polar surface area (TPSA) is 35.5 Å². The minimum atomic E-state index is 0.221. The Morgan fingerprint density at radius 2 is 2.00 bits per heavy atom. The van der Waals surface area contributed by atoms with Gasteiger partial charge in [0.15, 0.2) is 17.3 Å². The monoisotopic (exact) mass is 234 g/mol. The molecule has 2 rings (SSSR count). The number of carbonyl (C=O) groups is 1. The molecule has 0 aromatic heterocycles. The molecule has 17 heavy (non-hydrogen) atoms. The number of carbonyl (C=O) groups excluding carboxylic acids is 1. The standard InChI is InChI=1S/C14H18O3/c1-4-5-10-9-6-7-12(15)11(9)8-13(16-2)14(10)17-3/h8H,4-7H2,1-3H3. The predicted molar refractivity (Wildman–Crippen MR) is 66.2 cm³/mol. The second-order valence-corrected chi connectivity index (χ2v) is 4.29. The molecule has 0 heterocycles. The Balaban J connectivity index is 2.63. The van der Waals surface area contributed by atoms with Gasteiger partial charge in [0.1, 0.15) is 0 Å². The lowest BCUT2D eigenvalue weighted by atomic mass is 9.97. The third-order valence-electron chi connectivity index (χ3n) is 3.29. The van der Waals surface area contributed by atoms with E-state index in [2.05, 4.69) is 6.92 Å². The Bertz CT molecular complexity index is 449. The average Bonchev–Trinajstić information content (AvgIpc) is 2.71. The van der Waals surface area contributed by atoms with Gasteiger partial charge in [-0.15, -0.1) is 0 Å². The molecule has 0 radical (unpaired) electrons. The van der Waals surface area contributed by atoms with Gasteiger partial charge in [-0.25, -0.2) is 0 Å². The first-order chi connectivity index (χ1) is 8.22. The highest BCUT2D eigenvalue weighted by molar-refractivity contribution is 6.01. The van der Waals surface area contributed by atoms with Crippen LogP contribution < -0.4 is 9.47 Å². The molecule has 0 amide bonds. The molecule has 3 heteroatoms. The molecule has 92 valence electrons. The Labute approximate surface area is 102 Å². The van der Waals surface area contributed by atoms with Crippen molar-refractivity contribution in [3.63, 3.8) is 0 Å². The van der Waals surface area contributed by atoms with E-state index in [0.29, 0.717) is 12.2 Å². The van der Waals surface area contributed by atoms with Crippen LogP contribution in [0.25, 0.3) is 0 Å². The number of ketones is 1. The lowest BCUT2D eigenvalue weighted by Crippen LogP contribution is -2.02. The number of hydrogen-bond donors (Lipinski definition) is 0. The summed E-state index contributed by atoms with van der Waals surface area (Å²) >= 11 is 0. The van der Waals surface area contributed by atoms with Crippen LogP contribution in [0.15, 0.2) is 6.07 Å². The first kappa shape index (κ1) is 12.0. The molecule has 1 aliphatic carbocycles. The van der Waals surface area contributed by atoms with Crippen LogP contribution in [-0.4, -0.2) is 20.0 Å². The maximum atomic E-state index is 11.8. The highest BCUT2D eigenvalue weighted by Gasteiger charge is 2.27. The quantitative estimate of drug-likeness (QED) is 0.803. The summed E-state index contributed by atoms with van der Waals surface area (Å²) in [6.45, 7) is 2.13. The number of ether oxygens (including phenoxy) is 2. The maximum absolute atomic E-state index is 11.8. The molecule has 0 spiro atoms. The van der Waals surface area contributed by atoms with Crippen LogP contribution in [0.1, 0.15) is 41.3 Å². The SMILES string of the molecule is CCCc1c2c(cc(OC)c1OC)C(=O)CC2. The fourth-order valence-corrected chi connectivity index (χ4v) is 2.53. The lowest BCUT2D eigenvalue weighted by Gasteiger charge is -2.16. The van der Waals surface area contributed by atoms with E-state index in [9.17, 15) is 4.79 Å². The van der Waals surface area contributed by atoms with Crippen molar-refractivity contribution in [2.75, 3.05) is 14.2 Å². The van der Waals surface area contributed by atoms with Crippen LogP contribution in [0.2, 0.25) is 0 Å². The minimum absolute atomic E-state index is 0.221. The van der Waals surface area contributed by atoms with Crippen molar-refractivity contribution in [1.29, 1.82) is 0 Å². The lowest BCUT2D eigenvalue weighted by molar-refractivity contribution is 0.0994. The molecular weight excluding hydrogens is 216 g/mol. The fraction of sp³-hybridized carbons (Fsp3) is 0.500. The molecule has 0 aliphatic heterocycles. The van der Waals surface area contributed by atoms with Crippen LogP contribution in [-0.2, 0) is 12.8 Å². The molecule has 0 atom stereocenters. The minimum Gasteiger partial charge on any atom is -0.493 e. The summed E-state index contributed by atoms with van der Waals surface area (Å²) < 4.78 is 10.8. The van der Waals surface area contributed by atoms with E-state index in [4.69, 9.17) is 9.47 Å². The van der Waals surface area contributed by atoms with Crippen LogP contribution in [0, 0.1) is 0 Å². The number of methoxy groups -OCH3 is 2. The average molecular weight is 234 g/mol. The van der Waals surface area contributed by atoms with Gasteiger partial charge >= 0.3 is 0 Å². The molecule has 0 saturated heterocycles. The Hall–Kier alpha value is -1.51. The van der Waals surface area contributed by atoms with E-state index in [-0.39, 0.29) is 5.78 Å². The second-order valence-electron chi connectivity index (χ2n) is 4.29. The van der Waals surface area contributed by atoms with E-state index in [1.165, 1.54) is 0 Å². The molecule has 0 bridgehead atoms. The van der Waals surface area contributed by atoms with Crippen molar-refractivity contribution in [1.82, 2.24) is 0 Å². The normalized spacial score (nSPS) is 13.7. The van der Waals surface area contributed by atoms with Gasteiger partial charge in [-0.05, 0) is 24.5 Å². The van der Waals surface area contributed by atoms with Crippen molar-refractivity contribution in [3.8, 4) is 11.5 Å². The fourth-order valence-electron chi connectivity index (χ4n) is 2.53. The van der Waals surface area contributed by atoms with Gasteiger partial charge in [0.05, 0.1) is 14.2 Å². The second kappa shape index (κ2) is 4.78. The summed E-state index contributed by atoms with van der Waals surface area (Å²) in [7, 11) is 3.26. The molecule has 0 unspecified atom stereocenters. The third-order valence-corrected chi connectivity index (χ3v) is 3.29. The van der Waals surface area contributed by atoms with Gasteiger partial charge in [0, 0.05) is 17.5 Å². The summed E-state index contributed by atoms with van der Waals surface area (Å²) in [5, 5.41) is 0. The molecule has 0 N–H and O–H groups in total. The van der Waals surface area contributed by atoms with E-state index >= 15 is 0 Å². The predicted octanol–water partition coefficient (Wildman–Crippen LogP) is 2.79. The zero-order chi connectivity index (χ0) is 12.4. The van der Waals surface area contributed by atoms with E-state index < -0.39 is 0 Å². The van der Waals surface area contributed by atoms with Gasteiger partial charge in [-0.2, -0.15) is 0 Å². The molecule has 1 aromatic carbocycles. The van der Waals surface area contributed by atoms with Crippen molar-refractivity contribution in [2.45, 2.75) is 32.6 Å². The third kappa shape index (κ3) is 1.90. The summed E-state index contributed by atoms with van der Waals surface area (Å²) in [4.78, 5) is 11.8. The van der Waals surface area contributed by atoms with Crippen LogP contribution in [0.4, 0.5) is 0 Å². The Morgan fingerprint density at radius 3 is 2.59 bits per heavy atom. The van der Waals surface area contributed by atoms with E-state index in [1.54, 1.807) is 14.2 Å². The van der Waals surface area contributed by atoms with Crippen molar-refractivity contribution in [2.24, 2.45) is 0 Å². The van der Waals surface area contributed by atoms with Crippen LogP contribution in [0.5, 0.6) is 11.5 Å². The Morgan fingerprint density at radius 1 is 1.24 bits per heavy atom. The van der Waals surface area contributed by atoms with Gasteiger partial charge in [-0.1, -0.05) is 13.3 Å². The smallest absolute Gasteiger partial charge is 0.164 e.